The number of anilines is 1. The number of aryl methyl sites for hydroxylation is 2. The van der Waals surface area contributed by atoms with Crippen LogP contribution in [0.3, 0.4) is 0 Å². The van der Waals surface area contributed by atoms with Crippen LogP contribution in [0.25, 0.3) is 5.76 Å². The van der Waals surface area contributed by atoms with Gasteiger partial charge in [-0.25, -0.2) is 0 Å². The van der Waals surface area contributed by atoms with Crippen LogP contribution in [0.15, 0.2) is 109 Å². The second-order valence-corrected chi connectivity index (χ2v) is 8.86. The van der Waals surface area contributed by atoms with E-state index in [1.807, 2.05) is 98.8 Å². The maximum Gasteiger partial charge on any atom is 0.300 e. The Kier molecular flexibility index (Phi) is 6.13. The molecule has 0 saturated carbocycles. The lowest BCUT2D eigenvalue weighted by Crippen LogP contribution is -2.29. The van der Waals surface area contributed by atoms with Crippen molar-refractivity contribution in [3.8, 4) is 11.5 Å². The molecular formula is C31H25NO4. The Morgan fingerprint density at radius 3 is 2.03 bits per heavy atom. The number of rotatable bonds is 5. The molecule has 0 radical (unpaired) electrons. The van der Waals surface area contributed by atoms with Crippen LogP contribution < -0.4 is 9.64 Å². The molecule has 1 aliphatic heterocycles. The Hall–Kier alpha value is -4.64. The molecule has 0 bridgehead atoms. The molecule has 4 aromatic rings. The summed E-state index contributed by atoms with van der Waals surface area (Å²) in [7, 11) is 0. The molecular weight excluding hydrogens is 450 g/mol. The molecule has 1 atom stereocenters. The Bertz CT molecular complexity index is 1450. The number of ether oxygens (including phenoxy) is 1. The largest absolute Gasteiger partial charge is 0.507 e. The molecule has 1 N–H and O–H groups in total. The minimum Gasteiger partial charge on any atom is -0.507 e. The number of para-hydroxylation sites is 1. The molecule has 1 saturated heterocycles. The number of aliphatic hydroxyl groups excluding tert-OH is 1. The molecule has 1 unspecified atom stereocenters. The SMILES string of the molecule is Cc1ccc(/C(O)=C2/C(=O)C(=O)N(c3ccc(C)cc3)C2c2cccc(Oc3ccccc3)c2)cc1. The van der Waals surface area contributed by atoms with E-state index in [4.69, 9.17) is 4.74 Å². The number of ketones is 1. The number of nitrogens with zero attached hydrogens (tertiary/aromatic N) is 1. The van der Waals surface area contributed by atoms with Crippen molar-refractivity contribution < 1.29 is 19.4 Å². The number of hydrogen-bond donors (Lipinski definition) is 1. The van der Waals surface area contributed by atoms with E-state index in [-0.39, 0.29) is 11.3 Å². The van der Waals surface area contributed by atoms with Crippen LogP contribution in [0, 0.1) is 13.8 Å². The molecule has 1 fully saturated rings. The summed E-state index contributed by atoms with van der Waals surface area (Å²) in [6.07, 6.45) is 0. The zero-order valence-electron chi connectivity index (χ0n) is 20.0. The lowest BCUT2D eigenvalue weighted by Gasteiger charge is -2.26. The first-order chi connectivity index (χ1) is 17.4. The number of amides is 1. The standard InChI is InChI=1S/C31H25NO4/c1-20-11-15-22(16-12-20)29(33)27-28(32(31(35)30(27)34)24-17-13-21(2)14-18-24)23-7-6-10-26(19-23)36-25-8-4-3-5-9-25/h3-19,28,33H,1-2H3/b29-27-. The molecule has 1 aliphatic rings. The van der Waals surface area contributed by atoms with E-state index >= 15 is 0 Å². The number of hydrogen-bond acceptors (Lipinski definition) is 4. The second-order valence-electron chi connectivity index (χ2n) is 8.86. The molecule has 5 heteroatoms. The fourth-order valence-electron chi connectivity index (χ4n) is 4.36. The van der Waals surface area contributed by atoms with Crippen LogP contribution in [0.1, 0.15) is 28.3 Å². The molecule has 0 aliphatic carbocycles. The second kappa shape index (κ2) is 9.55. The summed E-state index contributed by atoms with van der Waals surface area (Å²) in [6, 6.07) is 30.4. The van der Waals surface area contributed by atoms with E-state index in [9.17, 15) is 14.7 Å². The van der Waals surface area contributed by atoms with Gasteiger partial charge in [0.05, 0.1) is 11.6 Å². The van der Waals surface area contributed by atoms with Crippen molar-refractivity contribution >= 4 is 23.1 Å². The van der Waals surface area contributed by atoms with Crippen molar-refractivity contribution in [2.75, 3.05) is 4.90 Å². The lowest BCUT2D eigenvalue weighted by molar-refractivity contribution is -0.132. The molecule has 1 heterocycles. The third kappa shape index (κ3) is 4.39. The molecule has 4 aromatic carbocycles. The fraction of sp³-hybridized carbons (Fsp3) is 0.0968. The van der Waals surface area contributed by atoms with Crippen LogP contribution in [0.5, 0.6) is 11.5 Å². The van der Waals surface area contributed by atoms with Gasteiger partial charge in [-0.3, -0.25) is 14.5 Å². The van der Waals surface area contributed by atoms with Gasteiger partial charge in [-0.2, -0.15) is 0 Å². The Balaban J connectivity index is 1.66. The van der Waals surface area contributed by atoms with Crippen molar-refractivity contribution in [3.63, 3.8) is 0 Å². The topological polar surface area (TPSA) is 66.8 Å². The van der Waals surface area contributed by atoms with Crippen molar-refractivity contribution in [2.24, 2.45) is 0 Å². The Morgan fingerprint density at radius 2 is 1.36 bits per heavy atom. The van der Waals surface area contributed by atoms with Gasteiger partial charge in [0, 0.05) is 11.3 Å². The van der Waals surface area contributed by atoms with Gasteiger partial charge in [0.25, 0.3) is 11.7 Å². The summed E-state index contributed by atoms with van der Waals surface area (Å²) in [5.74, 6) is -0.396. The zero-order valence-corrected chi connectivity index (χ0v) is 20.0. The molecule has 178 valence electrons. The van der Waals surface area contributed by atoms with Crippen LogP contribution in [-0.4, -0.2) is 16.8 Å². The Labute approximate surface area is 209 Å². The smallest absolute Gasteiger partial charge is 0.300 e. The van der Waals surface area contributed by atoms with E-state index in [1.165, 1.54) is 4.90 Å². The van der Waals surface area contributed by atoms with Crippen molar-refractivity contribution in [1.29, 1.82) is 0 Å². The summed E-state index contributed by atoms with van der Waals surface area (Å²) >= 11 is 0. The number of benzene rings is 4. The van der Waals surface area contributed by atoms with Crippen LogP contribution in [0.2, 0.25) is 0 Å². The number of carbonyl (C=O) groups excluding carboxylic acids is 2. The first kappa shape index (κ1) is 23.1. The van der Waals surface area contributed by atoms with Crippen molar-refractivity contribution in [1.82, 2.24) is 0 Å². The van der Waals surface area contributed by atoms with Gasteiger partial charge in [0.15, 0.2) is 0 Å². The predicted molar refractivity (Wildman–Crippen MR) is 140 cm³/mol. The lowest BCUT2D eigenvalue weighted by atomic mass is 9.94. The minimum atomic E-state index is -0.826. The van der Waals surface area contributed by atoms with Gasteiger partial charge in [-0.05, 0) is 55.8 Å². The summed E-state index contributed by atoms with van der Waals surface area (Å²) in [4.78, 5) is 28.2. The van der Waals surface area contributed by atoms with E-state index < -0.39 is 17.7 Å². The molecule has 5 nitrogen and oxygen atoms in total. The highest BCUT2D eigenvalue weighted by molar-refractivity contribution is 6.51. The third-order valence-electron chi connectivity index (χ3n) is 6.23. The average molecular weight is 476 g/mol. The first-order valence-electron chi connectivity index (χ1n) is 11.7. The van der Waals surface area contributed by atoms with Gasteiger partial charge in [0.2, 0.25) is 0 Å². The minimum absolute atomic E-state index is 0.0429. The maximum absolute atomic E-state index is 13.4. The summed E-state index contributed by atoms with van der Waals surface area (Å²) in [6.45, 7) is 3.90. The summed E-state index contributed by atoms with van der Waals surface area (Å²) in [5.41, 5.74) is 3.80. The van der Waals surface area contributed by atoms with Gasteiger partial charge in [-0.15, -0.1) is 0 Å². The van der Waals surface area contributed by atoms with E-state index in [2.05, 4.69) is 0 Å². The van der Waals surface area contributed by atoms with Gasteiger partial charge < -0.3 is 9.84 Å². The number of aliphatic hydroxyl groups is 1. The predicted octanol–water partition coefficient (Wildman–Crippen LogP) is 6.72. The zero-order chi connectivity index (χ0) is 25.2. The third-order valence-corrected chi connectivity index (χ3v) is 6.23. The average Bonchev–Trinajstić information content (AvgIpc) is 3.16. The molecule has 36 heavy (non-hydrogen) atoms. The number of carbonyl (C=O) groups is 2. The summed E-state index contributed by atoms with van der Waals surface area (Å²) < 4.78 is 6.02. The fourth-order valence-corrected chi connectivity index (χ4v) is 4.36. The summed E-state index contributed by atoms with van der Waals surface area (Å²) in [5, 5.41) is 11.3. The van der Waals surface area contributed by atoms with Crippen molar-refractivity contribution in [2.45, 2.75) is 19.9 Å². The van der Waals surface area contributed by atoms with Crippen LogP contribution in [-0.2, 0) is 9.59 Å². The van der Waals surface area contributed by atoms with E-state index in [1.54, 1.807) is 18.2 Å². The highest BCUT2D eigenvalue weighted by Gasteiger charge is 2.47. The van der Waals surface area contributed by atoms with Crippen LogP contribution in [0.4, 0.5) is 5.69 Å². The maximum atomic E-state index is 13.4. The molecule has 0 spiro atoms. The highest BCUT2D eigenvalue weighted by atomic mass is 16.5. The van der Waals surface area contributed by atoms with Crippen molar-refractivity contribution in [3.05, 3.63) is 131 Å². The van der Waals surface area contributed by atoms with Crippen LogP contribution >= 0.6 is 0 Å². The normalized spacial score (nSPS) is 16.8. The Morgan fingerprint density at radius 1 is 0.750 bits per heavy atom. The molecule has 1 amide bonds. The van der Waals surface area contributed by atoms with E-state index in [0.29, 0.717) is 28.3 Å². The molecule has 5 rings (SSSR count). The van der Waals surface area contributed by atoms with Gasteiger partial charge >= 0.3 is 0 Å². The first-order valence-corrected chi connectivity index (χ1v) is 11.7. The molecule has 0 aromatic heterocycles. The van der Waals surface area contributed by atoms with Gasteiger partial charge in [0.1, 0.15) is 17.3 Å². The van der Waals surface area contributed by atoms with Gasteiger partial charge in [-0.1, -0.05) is 77.9 Å². The highest BCUT2D eigenvalue weighted by Crippen LogP contribution is 2.43. The van der Waals surface area contributed by atoms with E-state index in [0.717, 1.165) is 11.1 Å². The monoisotopic (exact) mass is 475 g/mol. The number of Topliss-reactive ketones (excluding diaryl/α,β-unsaturated/α-hetero) is 1. The quantitative estimate of drug-likeness (QED) is 0.198.